The quantitative estimate of drug-likeness (QED) is 0.607. The van der Waals surface area contributed by atoms with E-state index in [0.29, 0.717) is 6.42 Å². The van der Waals surface area contributed by atoms with Crippen molar-refractivity contribution in [2.75, 3.05) is 6.61 Å². The molecule has 1 aromatic carbocycles. The molecule has 0 aliphatic heterocycles. The predicted molar refractivity (Wildman–Crippen MR) is 75.9 cm³/mol. The minimum absolute atomic E-state index is 0.0277. The minimum atomic E-state index is -0.661. The Morgan fingerprint density at radius 1 is 1.32 bits per heavy atom. The molecule has 0 heterocycles. The largest absolute Gasteiger partial charge is 0.460 e. The Bertz CT molecular complexity index is 407. The first-order chi connectivity index (χ1) is 9.15. The Balaban J connectivity index is 2.39. The summed E-state index contributed by atoms with van der Waals surface area (Å²) < 4.78 is 4.90. The van der Waals surface area contributed by atoms with Crippen molar-refractivity contribution in [3.05, 3.63) is 47.5 Å². The maximum Gasteiger partial charge on any atom is 0.330 e. The predicted octanol–water partition coefficient (Wildman–Crippen LogP) is 2.66. The van der Waals surface area contributed by atoms with E-state index in [1.165, 1.54) is 11.6 Å². The molecule has 0 saturated heterocycles. The number of hydrogen-bond acceptors (Lipinski definition) is 3. The molecule has 0 aliphatic carbocycles. The molecule has 104 valence electrons. The number of aryl methyl sites for hydroxylation is 1. The lowest BCUT2D eigenvalue weighted by Gasteiger charge is -2.11. The number of esters is 1. The van der Waals surface area contributed by atoms with Gasteiger partial charge in [-0.05, 0) is 24.5 Å². The molecule has 0 saturated carbocycles. The van der Waals surface area contributed by atoms with E-state index in [0.717, 1.165) is 18.4 Å². The van der Waals surface area contributed by atoms with Crippen LogP contribution in [0.3, 0.4) is 0 Å². The van der Waals surface area contributed by atoms with Gasteiger partial charge in [-0.25, -0.2) is 4.79 Å². The molecule has 19 heavy (non-hydrogen) atoms. The van der Waals surface area contributed by atoms with Crippen molar-refractivity contribution < 1.29 is 14.6 Å². The first-order valence-corrected chi connectivity index (χ1v) is 6.71. The maximum atomic E-state index is 11.1. The van der Waals surface area contributed by atoms with Gasteiger partial charge in [0.25, 0.3) is 0 Å². The van der Waals surface area contributed by atoms with E-state index in [4.69, 9.17) is 4.74 Å². The van der Waals surface area contributed by atoms with Gasteiger partial charge in [0.2, 0.25) is 0 Å². The van der Waals surface area contributed by atoms with Crippen LogP contribution in [0.1, 0.15) is 31.4 Å². The highest BCUT2D eigenvalue weighted by molar-refractivity contribution is 5.81. The Kier molecular flexibility index (Phi) is 6.90. The van der Waals surface area contributed by atoms with Crippen LogP contribution in [0.5, 0.6) is 0 Å². The molecule has 1 aromatic rings. The van der Waals surface area contributed by atoms with Gasteiger partial charge in [-0.3, -0.25) is 0 Å². The lowest BCUT2D eigenvalue weighted by molar-refractivity contribution is -0.140. The molecule has 0 spiro atoms. The van der Waals surface area contributed by atoms with E-state index in [9.17, 15) is 9.90 Å². The van der Waals surface area contributed by atoms with Crippen LogP contribution in [-0.4, -0.2) is 23.8 Å². The molecular weight excluding hydrogens is 240 g/mol. The third-order valence-electron chi connectivity index (χ3n) is 2.75. The van der Waals surface area contributed by atoms with Gasteiger partial charge in [0.1, 0.15) is 6.61 Å². The highest BCUT2D eigenvalue weighted by atomic mass is 16.5. The number of benzene rings is 1. The molecule has 1 atom stereocenters. The SMILES string of the molecule is CC=CC(=O)OCC(O)Cc1ccc(CCC)cc1. The fraction of sp³-hybridized carbons (Fsp3) is 0.438. The highest BCUT2D eigenvalue weighted by Gasteiger charge is 2.08. The number of hydrogen-bond donors (Lipinski definition) is 1. The van der Waals surface area contributed by atoms with Crippen LogP contribution in [0.4, 0.5) is 0 Å². The third-order valence-corrected chi connectivity index (χ3v) is 2.75. The fourth-order valence-corrected chi connectivity index (χ4v) is 1.82. The van der Waals surface area contributed by atoms with E-state index < -0.39 is 12.1 Å². The Morgan fingerprint density at radius 3 is 2.53 bits per heavy atom. The minimum Gasteiger partial charge on any atom is -0.460 e. The van der Waals surface area contributed by atoms with Crippen LogP contribution in [0, 0.1) is 0 Å². The number of carbonyl (C=O) groups excluding carboxylic acids is 1. The van der Waals surface area contributed by atoms with Crippen molar-refractivity contribution in [2.45, 2.75) is 39.2 Å². The van der Waals surface area contributed by atoms with Gasteiger partial charge in [-0.2, -0.15) is 0 Å². The number of carbonyl (C=O) groups is 1. The van der Waals surface area contributed by atoms with Gasteiger partial charge < -0.3 is 9.84 Å². The summed E-state index contributed by atoms with van der Waals surface area (Å²) in [4.78, 5) is 11.1. The summed E-state index contributed by atoms with van der Waals surface area (Å²) in [5, 5.41) is 9.79. The zero-order valence-corrected chi connectivity index (χ0v) is 11.6. The zero-order chi connectivity index (χ0) is 14.1. The number of aliphatic hydroxyl groups excluding tert-OH is 1. The normalized spacial score (nSPS) is 12.6. The van der Waals surface area contributed by atoms with Gasteiger partial charge in [0.05, 0.1) is 6.10 Å². The molecule has 3 nitrogen and oxygen atoms in total. The van der Waals surface area contributed by atoms with Crippen LogP contribution in [0.15, 0.2) is 36.4 Å². The molecule has 0 aromatic heterocycles. The topological polar surface area (TPSA) is 46.5 Å². The summed E-state index contributed by atoms with van der Waals surface area (Å²) >= 11 is 0. The number of aliphatic hydroxyl groups is 1. The highest BCUT2D eigenvalue weighted by Crippen LogP contribution is 2.09. The van der Waals surface area contributed by atoms with Crippen molar-refractivity contribution in [1.29, 1.82) is 0 Å². The second kappa shape index (κ2) is 8.48. The first-order valence-electron chi connectivity index (χ1n) is 6.71. The summed E-state index contributed by atoms with van der Waals surface area (Å²) in [6.45, 7) is 3.92. The second-order valence-corrected chi connectivity index (χ2v) is 4.55. The van der Waals surface area contributed by atoms with Crippen LogP contribution in [0.2, 0.25) is 0 Å². The molecule has 0 aliphatic rings. The molecule has 0 amide bonds. The van der Waals surface area contributed by atoms with Gasteiger partial charge in [0, 0.05) is 12.5 Å². The van der Waals surface area contributed by atoms with E-state index in [1.54, 1.807) is 13.0 Å². The summed E-state index contributed by atoms with van der Waals surface area (Å²) in [6, 6.07) is 8.19. The standard InChI is InChI=1S/C16H22O3/c1-3-5-13-7-9-14(10-8-13)11-15(17)12-19-16(18)6-4-2/h4,6-10,15,17H,3,5,11-12H2,1-2H3. The van der Waals surface area contributed by atoms with Gasteiger partial charge in [-0.15, -0.1) is 0 Å². The molecule has 1 rings (SSSR count). The fourth-order valence-electron chi connectivity index (χ4n) is 1.82. The Labute approximate surface area is 114 Å². The molecule has 0 radical (unpaired) electrons. The second-order valence-electron chi connectivity index (χ2n) is 4.55. The Morgan fingerprint density at radius 2 is 1.95 bits per heavy atom. The molecular formula is C16H22O3. The zero-order valence-electron chi connectivity index (χ0n) is 11.6. The van der Waals surface area contributed by atoms with Crippen LogP contribution in [-0.2, 0) is 22.4 Å². The van der Waals surface area contributed by atoms with Gasteiger partial charge >= 0.3 is 5.97 Å². The van der Waals surface area contributed by atoms with E-state index in [2.05, 4.69) is 19.1 Å². The maximum absolute atomic E-state index is 11.1. The summed E-state index contributed by atoms with van der Waals surface area (Å²) in [6.07, 6.45) is 4.99. The van der Waals surface area contributed by atoms with Crippen molar-refractivity contribution in [3.63, 3.8) is 0 Å². The summed E-state index contributed by atoms with van der Waals surface area (Å²) in [5.41, 5.74) is 2.36. The van der Waals surface area contributed by atoms with Crippen molar-refractivity contribution in [1.82, 2.24) is 0 Å². The van der Waals surface area contributed by atoms with E-state index >= 15 is 0 Å². The molecule has 0 fully saturated rings. The number of ether oxygens (including phenoxy) is 1. The van der Waals surface area contributed by atoms with E-state index in [1.807, 2.05) is 12.1 Å². The van der Waals surface area contributed by atoms with Crippen LogP contribution >= 0.6 is 0 Å². The smallest absolute Gasteiger partial charge is 0.330 e. The average molecular weight is 262 g/mol. The lowest BCUT2D eigenvalue weighted by atomic mass is 10.0. The lowest BCUT2D eigenvalue weighted by Crippen LogP contribution is -2.20. The molecule has 0 bridgehead atoms. The van der Waals surface area contributed by atoms with Crippen molar-refractivity contribution in [3.8, 4) is 0 Å². The van der Waals surface area contributed by atoms with E-state index in [-0.39, 0.29) is 6.61 Å². The van der Waals surface area contributed by atoms with Crippen molar-refractivity contribution >= 4 is 5.97 Å². The average Bonchev–Trinajstić information content (AvgIpc) is 2.39. The third kappa shape index (κ3) is 6.20. The Hall–Kier alpha value is -1.61. The van der Waals surface area contributed by atoms with Gasteiger partial charge in [0.15, 0.2) is 0 Å². The van der Waals surface area contributed by atoms with Crippen molar-refractivity contribution in [2.24, 2.45) is 0 Å². The number of allylic oxidation sites excluding steroid dienone is 1. The first kappa shape index (κ1) is 15.4. The van der Waals surface area contributed by atoms with Crippen LogP contribution < -0.4 is 0 Å². The monoisotopic (exact) mass is 262 g/mol. The molecule has 1 unspecified atom stereocenters. The van der Waals surface area contributed by atoms with Gasteiger partial charge in [-0.1, -0.05) is 43.7 Å². The van der Waals surface area contributed by atoms with Crippen LogP contribution in [0.25, 0.3) is 0 Å². The summed E-state index contributed by atoms with van der Waals surface area (Å²) in [5.74, 6) is -0.417. The number of rotatable bonds is 7. The summed E-state index contributed by atoms with van der Waals surface area (Å²) in [7, 11) is 0. The molecule has 3 heteroatoms. The molecule has 1 N–H and O–H groups in total.